The molecule has 3 rings (SSSR count). The summed E-state index contributed by atoms with van der Waals surface area (Å²) in [4.78, 5) is 69.2. The van der Waals surface area contributed by atoms with Gasteiger partial charge in [0.05, 0.1) is 18.8 Å². The van der Waals surface area contributed by atoms with Gasteiger partial charge in [-0.05, 0) is 56.7 Å². The molecule has 240 valence electrons. The first-order chi connectivity index (χ1) is 20.9. The van der Waals surface area contributed by atoms with Crippen molar-refractivity contribution < 1.29 is 33.8 Å². The minimum Gasteiger partial charge on any atom is -0.466 e. The molecule has 1 aliphatic rings. The number of nitrogens with one attached hydrogen (secondary N) is 4. The predicted octanol–water partition coefficient (Wildman–Crippen LogP) is 2.51. The van der Waals surface area contributed by atoms with E-state index in [2.05, 4.69) is 25.9 Å². The molecule has 44 heavy (non-hydrogen) atoms. The van der Waals surface area contributed by atoms with Crippen molar-refractivity contribution in [2.24, 2.45) is 11.3 Å². The summed E-state index contributed by atoms with van der Waals surface area (Å²) in [6, 6.07) is 5.70. The molecule has 0 fully saturated rings. The third-order valence-electron chi connectivity index (χ3n) is 7.28. The molecule has 0 bridgehead atoms. The number of carbonyl (C=O) groups excluding carboxylic acids is 4. The second-order valence-corrected chi connectivity index (χ2v) is 11.8. The molecule has 0 saturated carbocycles. The van der Waals surface area contributed by atoms with Crippen molar-refractivity contribution in [3.8, 4) is 0 Å². The van der Waals surface area contributed by atoms with Crippen LogP contribution in [-0.4, -0.2) is 71.2 Å². The molecule has 2 heterocycles. The number of fused-ring (bicyclic) bond motifs is 1. The van der Waals surface area contributed by atoms with E-state index in [1.807, 2.05) is 0 Å². The molecular formula is C31H43N5O8. The van der Waals surface area contributed by atoms with E-state index >= 15 is 0 Å². The number of aromatic amines is 1. The van der Waals surface area contributed by atoms with Gasteiger partial charge in [-0.15, -0.1) is 0 Å². The average molecular weight is 614 g/mol. The molecule has 3 atom stereocenters. The highest BCUT2D eigenvalue weighted by molar-refractivity contribution is 5.97. The van der Waals surface area contributed by atoms with Crippen LogP contribution < -0.4 is 21.5 Å². The van der Waals surface area contributed by atoms with E-state index in [4.69, 9.17) is 9.47 Å². The summed E-state index contributed by atoms with van der Waals surface area (Å²) in [6.45, 7) is 9.36. The Hall–Kier alpha value is -4.26. The van der Waals surface area contributed by atoms with E-state index in [9.17, 15) is 29.1 Å². The van der Waals surface area contributed by atoms with Crippen molar-refractivity contribution in [1.82, 2.24) is 15.3 Å². The molecule has 0 aliphatic carbocycles. The molecule has 1 aromatic carbocycles. The fourth-order valence-corrected chi connectivity index (χ4v) is 4.81. The van der Waals surface area contributed by atoms with E-state index in [1.165, 1.54) is 0 Å². The van der Waals surface area contributed by atoms with Crippen LogP contribution in [0.1, 0.15) is 81.3 Å². The van der Waals surface area contributed by atoms with Gasteiger partial charge < -0.3 is 25.2 Å². The lowest BCUT2D eigenvalue weighted by Gasteiger charge is -2.28. The van der Waals surface area contributed by atoms with E-state index in [0.29, 0.717) is 36.3 Å². The number of hydrogen-bond acceptors (Lipinski definition) is 10. The number of aliphatic hydroxyl groups is 1. The molecule has 0 spiro atoms. The highest BCUT2D eigenvalue weighted by atomic mass is 16.5. The van der Waals surface area contributed by atoms with Gasteiger partial charge in [0.15, 0.2) is 0 Å². The zero-order chi connectivity index (χ0) is 32.4. The third-order valence-corrected chi connectivity index (χ3v) is 7.28. The standard InChI is InChI=1S/C31H43N5O8/c1-6-43-24(38)13-12-23(28(41)44-7-2)33-26(39)20-10-8-19(9-11-20)21(17-37)14-18-15-22-25(32-16-18)34-30(35-27(22)40)36-29(42)31(3,4)5/h8-11,18,21,23,37H,6-7,12-17H2,1-5H3,(H,33,39)(H3,32,34,35,36,40,42). The molecule has 1 aliphatic heterocycles. The minimum atomic E-state index is -1.01. The summed E-state index contributed by atoms with van der Waals surface area (Å²) in [5, 5.41) is 18.7. The van der Waals surface area contributed by atoms with Crippen molar-refractivity contribution in [2.75, 3.05) is 37.0 Å². The Kier molecular flexibility index (Phi) is 12.0. The second kappa shape index (κ2) is 15.5. The molecule has 5 N–H and O–H groups in total. The lowest BCUT2D eigenvalue weighted by Crippen LogP contribution is -2.42. The Labute approximate surface area is 256 Å². The number of nitrogens with zero attached hydrogens (tertiary/aromatic N) is 1. The van der Waals surface area contributed by atoms with Crippen molar-refractivity contribution >= 4 is 35.5 Å². The number of hydrogen-bond donors (Lipinski definition) is 5. The number of ether oxygens (including phenoxy) is 2. The lowest BCUT2D eigenvalue weighted by molar-refractivity contribution is -0.146. The maximum Gasteiger partial charge on any atom is 0.328 e. The summed E-state index contributed by atoms with van der Waals surface area (Å²) < 4.78 is 9.96. The summed E-state index contributed by atoms with van der Waals surface area (Å²) in [6.07, 6.45) is 0.995. The van der Waals surface area contributed by atoms with Crippen LogP contribution in [0.3, 0.4) is 0 Å². The molecule has 2 amide bonds. The number of H-pyrrole nitrogens is 1. The topological polar surface area (TPSA) is 189 Å². The zero-order valence-corrected chi connectivity index (χ0v) is 26.0. The Bertz CT molecular complexity index is 1380. The first kappa shape index (κ1) is 34.2. The van der Waals surface area contributed by atoms with Crippen LogP contribution in [0.25, 0.3) is 0 Å². The van der Waals surface area contributed by atoms with Crippen LogP contribution in [0, 0.1) is 11.3 Å². The molecule has 13 nitrogen and oxygen atoms in total. The van der Waals surface area contributed by atoms with Gasteiger partial charge in [-0.1, -0.05) is 32.9 Å². The minimum absolute atomic E-state index is 0.0188. The molecule has 13 heteroatoms. The summed E-state index contributed by atoms with van der Waals surface area (Å²) in [7, 11) is 0. The highest BCUT2D eigenvalue weighted by Crippen LogP contribution is 2.30. The van der Waals surface area contributed by atoms with Gasteiger partial charge in [0.25, 0.3) is 11.5 Å². The Morgan fingerprint density at radius 2 is 1.77 bits per heavy atom. The van der Waals surface area contributed by atoms with Crippen LogP contribution in [0.5, 0.6) is 0 Å². The summed E-state index contributed by atoms with van der Waals surface area (Å²) in [5.74, 6) is -1.60. The van der Waals surface area contributed by atoms with Gasteiger partial charge in [-0.3, -0.25) is 29.5 Å². The Morgan fingerprint density at radius 1 is 1.09 bits per heavy atom. The van der Waals surface area contributed by atoms with Gasteiger partial charge in [-0.2, -0.15) is 4.98 Å². The van der Waals surface area contributed by atoms with E-state index in [0.717, 1.165) is 5.56 Å². The molecule has 0 saturated heterocycles. The van der Waals surface area contributed by atoms with E-state index in [-0.39, 0.29) is 61.9 Å². The van der Waals surface area contributed by atoms with Gasteiger partial charge in [0.1, 0.15) is 11.9 Å². The molecule has 2 aromatic rings. The third kappa shape index (κ3) is 9.37. The number of rotatable bonds is 13. The van der Waals surface area contributed by atoms with Gasteiger partial charge >= 0.3 is 11.9 Å². The van der Waals surface area contributed by atoms with Crippen molar-refractivity contribution in [3.63, 3.8) is 0 Å². The number of amides is 2. The van der Waals surface area contributed by atoms with Crippen LogP contribution in [-0.2, 0) is 30.3 Å². The number of carbonyl (C=O) groups is 4. The largest absolute Gasteiger partial charge is 0.466 e. The maximum atomic E-state index is 12.9. The van der Waals surface area contributed by atoms with Crippen LogP contribution in [0.4, 0.5) is 11.8 Å². The maximum absolute atomic E-state index is 12.9. The normalized spacial score (nSPS) is 15.6. The second-order valence-electron chi connectivity index (χ2n) is 11.8. The van der Waals surface area contributed by atoms with Crippen molar-refractivity contribution in [3.05, 3.63) is 51.3 Å². The van der Waals surface area contributed by atoms with Crippen LogP contribution in [0.15, 0.2) is 29.1 Å². The molecular weight excluding hydrogens is 570 g/mol. The molecule has 3 unspecified atom stereocenters. The SMILES string of the molecule is CCOC(=O)CCC(NC(=O)c1ccc(C(CO)CC2CNc3nc(NC(=O)C(C)(C)C)[nH]c(=O)c3C2)cc1)C(=O)OCC. The van der Waals surface area contributed by atoms with Crippen LogP contribution >= 0.6 is 0 Å². The summed E-state index contributed by atoms with van der Waals surface area (Å²) in [5.41, 5.74) is 0.612. The fourth-order valence-electron chi connectivity index (χ4n) is 4.81. The number of aromatic nitrogens is 2. The van der Waals surface area contributed by atoms with Crippen molar-refractivity contribution in [2.45, 2.75) is 72.3 Å². The van der Waals surface area contributed by atoms with Gasteiger partial charge in [0, 0.05) is 36.5 Å². The first-order valence-electron chi connectivity index (χ1n) is 14.9. The number of aliphatic hydroxyl groups excluding tert-OH is 1. The smallest absolute Gasteiger partial charge is 0.328 e. The highest BCUT2D eigenvalue weighted by Gasteiger charge is 2.28. The van der Waals surface area contributed by atoms with E-state index in [1.54, 1.807) is 58.9 Å². The average Bonchev–Trinajstić information content (AvgIpc) is 2.98. The van der Waals surface area contributed by atoms with Crippen LogP contribution in [0.2, 0.25) is 0 Å². The lowest BCUT2D eigenvalue weighted by atomic mass is 9.84. The predicted molar refractivity (Wildman–Crippen MR) is 163 cm³/mol. The molecule has 0 radical (unpaired) electrons. The van der Waals surface area contributed by atoms with Gasteiger partial charge in [-0.25, -0.2) is 4.79 Å². The monoisotopic (exact) mass is 613 g/mol. The van der Waals surface area contributed by atoms with Gasteiger partial charge in [0.2, 0.25) is 11.9 Å². The first-order valence-corrected chi connectivity index (χ1v) is 14.9. The molecule has 1 aromatic heterocycles. The quantitative estimate of drug-likeness (QED) is 0.210. The fraction of sp³-hybridized carbons (Fsp3) is 0.548. The zero-order valence-electron chi connectivity index (χ0n) is 26.0. The Morgan fingerprint density at radius 3 is 2.39 bits per heavy atom. The summed E-state index contributed by atoms with van der Waals surface area (Å²) >= 11 is 0. The number of esters is 2. The number of anilines is 2. The Balaban J connectivity index is 1.64. The number of benzene rings is 1. The van der Waals surface area contributed by atoms with E-state index < -0.39 is 29.3 Å². The van der Waals surface area contributed by atoms with Crippen molar-refractivity contribution in [1.29, 1.82) is 0 Å².